The van der Waals surface area contributed by atoms with E-state index in [4.69, 9.17) is 0 Å². The number of halogens is 1. The van der Waals surface area contributed by atoms with Gasteiger partial charge in [0.2, 0.25) is 10.0 Å². The van der Waals surface area contributed by atoms with Crippen molar-refractivity contribution in [3.63, 3.8) is 0 Å². The van der Waals surface area contributed by atoms with Crippen LogP contribution < -0.4 is 5.32 Å². The number of anilines is 1. The highest BCUT2D eigenvalue weighted by molar-refractivity contribution is 7.89. The summed E-state index contributed by atoms with van der Waals surface area (Å²) in [6.07, 6.45) is 3.13. The van der Waals surface area contributed by atoms with Gasteiger partial charge in [0.15, 0.2) is 0 Å². The van der Waals surface area contributed by atoms with Gasteiger partial charge in [-0.3, -0.25) is 4.98 Å². The van der Waals surface area contributed by atoms with Crippen LogP contribution in [0.1, 0.15) is 0 Å². The first-order chi connectivity index (χ1) is 12.0. The topological polar surface area (TPSA) is 82.6 Å². The van der Waals surface area contributed by atoms with E-state index in [1.165, 1.54) is 27.4 Å². The first-order valence-corrected chi connectivity index (χ1v) is 9.13. The number of nitrogens with zero attached hydrogens (tertiary/aromatic N) is 3. The third-order valence-corrected chi connectivity index (χ3v) is 5.84. The van der Waals surface area contributed by atoms with E-state index in [1.54, 1.807) is 24.5 Å². The predicted octanol–water partition coefficient (Wildman–Crippen LogP) is 1.76. The summed E-state index contributed by atoms with van der Waals surface area (Å²) < 4.78 is 40.1. The molecule has 2 heterocycles. The van der Waals surface area contributed by atoms with Crippen molar-refractivity contribution in [3.05, 3.63) is 54.6 Å². The number of hydrogen-bond acceptors (Lipinski definition) is 4. The lowest BCUT2D eigenvalue weighted by Gasteiger charge is -2.34. The van der Waals surface area contributed by atoms with Gasteiger partial charge in [0, 0.05) is 44.3 Å². The molecule has 7 nitrogen and oxygen atoms in total. The SMILES string of the molecule is O=C(Nc1ccncc1)N1CCN(S(=O)(=O)c2ccccc2F)CC1. The molecule has 1 aromatic carbocycles. The van der Waals surface area contributed by atoms with Crippen LogP contribution in [0, 0.1) is 5.82 Å². The first-order valence-electron chi connectivity index (χ1n) is 7.69. The Bertz CT molecular complexity index is 853. The van der Waals surface area contributed by atoms with E-state index in [0.717, 1.165) is 6.07 Å². The van der Waals surface area contributed by atoms with Crippen LogP contribution in [0.2, 0.25) is 0 Å². The van der Waals surface area contributed by atoms with Crippen molar-refractivity contribution < 1.29 is 17.6 Å². The summed E-state index contributed by atoms with van der Waals surface area (Å²) in [5, 5.41) is 2.73. The Morgan fingerprint density at radius 3 is 2.32 bits per heavy atom. The maximum absolute atomic E-state index is 13.8. The van der Waals surface area contributed by atoms with Crippen LogP contribution in [0.4, 0.5) is 14.9 Å². The van der Waals surface area contributed by atoms with Crippen LogP contribution in [-0.2, 0) is 10.0 Å². The molecule has 0 saturated carbocycles. The number of nitrogens with one attached hydrogen (secondary N) is 1. The van der Waals surface area contributed by atoms with E-state index in [2.05, 4.69) is 10.3 Å². The van der Waals surface area contributed by atoms with Crippen molar-refractivity contribution in [2.24, 2.45) is 0 Å². The van der Waals surface area contributed by atoms with E-state index in [1.807, 2.05) is 0 Å². The molecule has 0 spiro atoms. The largest absolute Gasteiger partial charge is 0.322 e. The number of amides is 2. The second-order valence-corrected chi connectivity index (χ2v) is 7.39. The lowest BCUT2D eigenvalue weighted by atomic mass is 10.3. The number of piperazine rings is 1. The van der Waals surface area contributed by atoms with Crippen LogP contribution in [0.15, 0.2) is 53.7 Å². The predicted molar refractivity (Wildman–Crippen MR) is 90.0 cm³/mol. The van der Waals surface area contributed by atoms with Crippen molar-refractivity contribution in [1.82, 2.24) is 14.2 Å². The normalized spacial score (nSPS) is 15.8. The van der Waals surface area contributed by atoms with Crippen molar-refractivity contribution >= 4 is 21.7 Å². The zero-order valence-electron chi connectivity index (χ0n) is 13.3. The van der Waals surface area contributed by atoms with Gasteiger partial charge in [-0.2, -0.15) is 4.31 Å². The van der Waals surface area contributed by atoms with Crippen LogP contribution in [0.5, 0.6) is 0 Å². The number of benzene rings is 1. The minimum Gasteiger partial charge on any atom is -0.322 e. The molecule has 0 bridgehead atoms. The Hall–Kier alpha value is -2.52. The Labute approximate surface area is 145 Å². The molecule has 1 aliphatic rings. The number of sulfonamides is 1. The molecule has 2 aromatic rings. The fraction of sp³-hybridized carbons (Fsp3) is 0.250. The van der Waals surface area contributed by atoms with Gasteiger partial charge in [-0.1, -0.05) is 12.1 Å². The third kappa shape index (κ3) is 3.77. The second kappa shape index (κ2) is 7.16. The smallest absolute Gasteiger partial charge is 0.321 e. The molecule has 1 aromatic heterocycles. The molecule has 3 rings (SSSR count). The van der Waals surface area contributed by atoms with Crippen molar-refractivity contribution in [1.29, 1.82) is 0 Å². The summed E-state index contributed by atoms with van der Waals surface area (Å²) in [6.45, 7) is 0.677. The van der Waals surface area contributed by atoms with Gasteiger partial charge in [0.25, 0.3) is 0 Å². The summed E-state index contributed by atoms with van der Waals surface area (Å²) in [5.41, 5.74) is 0.612. The minimum absolute atomic E-state index is 0.112. The highest BCUT2D eigenvalue weighted by atomic mass is 32.2. The number of pyridine rings is 1. The average molecular weight is 364 g/mol. The van der Waals surface area contributed by atoms with E-state index >= 15 is 0 Å². The third-order valence-electron chi connectivity index (χ3n) is 3.91. The summed E-state index contributed by atoms with van der Waals surface area (Å²) >= 11 is 0. The van der Waals surface area contributed by atoms with Crippen molar-refractivity contribution in [2.45, 2.75) is 4.90 Å². The quantitative estimate of drug-likeness (QED) is 0.900. The van der Waals surface area contributed by atoms with Crippen LogP contribution in [0.3, 0.4) is 0 Å². The van der Waals surface area contributed by atoms with E-state index < -0.39 is 15.8 Å². The lowest BCUT2D eigenvalue weighted by molar-refractivity contribution is 0.184. The number of urea groups is 1. The molecule has 0 radical (unpaired) electrons. The average Bonchev–Trinajstić information content (AvgIpc) is 2.63. The van der Waals surface area contributed by atoms with Gasteiger partial charge in [-0.25, -0.2) is 17.6 Å². The molecular weight excluding hydrogens is 347 g/mol. The molecule has 1 N–H and O–H groups in total. The maximum Gasteiger partial charge on any atom is 0.321 e. The number of hydrogen-bond donors (Lipinski definition) is 1. The number of aromatic nitrogens is 1. The summed E-state index contributed by atoms with van der Waals surface area (Å²) in [7, 11) is -3.91. The lowest BCUT2D eigenvalue weighted by Crippen LogP contribution is -2.51. The van der Waals surface area contributed by atoms with Gasteiger partial charge < -0.3 is 10.2 Å². The molecule has 9 heteroatoms. The zero-order chi connectivity index (χ0) is 17.9. The summed E-state index contributed by atoms with van der Waals surface area (Å²) in [4.78, 5) is 17.3. The Balaban J connectivity index is 1.64. The minimum atomic E-state index is -3.91. The molecule has 0 atom stereocenters. The van der Waals surface area contributed by atoms with Gasteiger partial charge in [0.05, 0.1) is 0 Å². The molecule has 2 amide bonds. The fourth-order valence-corrected chi connectivity index (χ4v) is 4.05. The Morgan fingerprint density at radius 2 is 1.68 bits per heavy atom. The van der Waals surface area contributed by atoms with Gasteiger partial charge >= 0.3 is 6.03 Å². The molecule has 1 aliphatic heterocycles. The summed E-state index contributed by atoms with van der Waals surface area (Å²) in [5.74, 6) is -0.777. The number of carbonyl (C=O) groups is 1. The van der Waals surface area contributed by atoms with Gasteiger partial charge in [0.1, 0.15) is 10.7 Å². The maximum atomic E-state index is 13.8. The van der Waals surface area contributed by atoms with Crippen LogP contribution in [0.25, 0.3) is 0 Å². The number of carbonyl (C=O) groups excluding carboxylic acids is 1. The van der Waals surface area contributed by atoms with E-state index in [-0.39, 0.29) is 37.1 Å². The molecule has 1 fully saturated rings. The summed E-state index contributed by atoms with van der Waals surface area (Å²) in [6, 6.07) is 8.30. The first kappa shape index (κ1) is 17.3. The Kier molecular flexibility index (Phi) is 4.95. The zero-order valence-corrected chi connectivity index (χ0v) is 14.1. The Morgan fingerprint density at radius 1 is 1.04 bits per heavy atom. The van der Waals surface area contributed by atoms with Crippen molar-refractivity contribution in [3.8, 4) is 0 Å². The molecule has 25 heavy (non-hydrogen) atoms. The monoisotopic (exact) mass is 364 g/mol. The molecule has 0 aliphatic carbocycles. The molecule has 0 unspecified atom stereocenters. The highest BCUT2D eigenvalue weighted by Gasteiger charge is 2.31. The van der Waals surface area contributed by atoms with E-state index in [0.29, 0.717) is 5.69 Å². The van der Waals surface area contributed by atoms with Gasteiger partial charge in [-0.05, 0) is 24.3 Å². The number of rotatable bonds is 3. The standard InChI is InChI=1S/C16H17FN4O3S/c17-14-3-1-2-4-15(14)25(23,24)21-11-9-20(10-12-21)16(22)19-13-5-7-18-8-6-13/h1-8H,9-12H2,(H,18,19,22). The van der Waals surface area contributed by atoms with Crippen LogP contribution >= 0.6 is 0 Å². The molecular formula is C16H17FN4O3S. The second-order valence-electron chi connectivity index (χ2n) is 5.49. The molecule has 132 valence electrons. The highest BCUT2D eigenvalue weighted by Crippen LogP contribution is 2.20. The molecule has 1 saturated heterocycles. The van der Waals surface area contributed by atoms with E-state index in [9.17, 15) is 17.6 Å². The fourth-order valence-electron chi connectivity index (χ4n) is 2.56. The van der Waals surface area contributed by atoms with Gasteiger partial charge in [-0.15, -0.1) is 0 Å². The van der Waals surface area contributed by atoms with Crippen LogP contribution in [-0.4, -0.2) is 54.8 Å². The van der Waals surface area contributed by atoms with Crippen molar-refractivity contribution in [2.75, 3.05) is 31.5 Å².